The lowest BCUT2D eigenvalue weighted by molar-refractivity contribution is -0.385. The minimum absolute atomic E-state index is 0.0385. The molecule has 1 aromatic carbocycles. The van der Waals surface area contributed by atoms with Crippen LogP contribution in [0.5, 0.6) is 0 Å². The maximum Gasteiger partial charge on any atom is 0.311 e. The molecule has 1 saturated carbocycles. The third kappa shape index (κ3) is 4.52. The van der Waals surface area contributed by atoms with Gasteiger partial charge in [-0.15, -0.1) is 0 Å². The summed E-state index contributed by atoms with van der Waals surface area (Å²) in [4.78, 5) is 49.6. The molecule has 4 atom stereocenters. The van der Waals surface area contributed by atoms with Crippen molar-refractivity contribution in [1.29, 1.82) is 0 Å². The molecule has 8 heteroatoms. The van der Waals surface area contributed by atoms with Gasteiger partial charge in [-0.25, -0.2) is 0 Å². The molecule has 1 saturated heterocycles. The van der Waals surface area contributed by atoms with E-state index in [0.717, 1.165) is 19.3 Å². The van der Waals surface area contributed by atoms with Gasteiger partial charge in [0.15, 0.2) is 6.61 Å². The molecule has 162 valence electrons. The molecule has 2 aliphatic rings. The number of ketones is 1. The molecule has 0 aromatic heterocycles. The summed E-state index contributed by atoms with van der Waals surface area (Å²) in [5.74, 6) is -0.778. The van der Waals surface area contributed by atoms with Crippen LogP contribution in [0.15, 0.2) is 18.2 Å². The molecule has 8 nitrogen and oxygen atoms in total. The molecule has 1 heterocycles. The number of amides is 1. The van der Waals surface area contributed by atoms with Crippen LogP contribution in [-0.2, 0) is 14.3 Å². The Morgan fingerprint density at radius 2 is 2.00 bits per heavy atom. The van der Waals surface area contributed by atoms with Gasteiger partial charge >= 0.3 is 5.97 Å². The maximum absolute atomic E-state index is 12.5. The molecule has 0 N–H and O–H groups in total. The molecule has 1 amide bonds. The number of nitro groups is 1. The highest BCUT2D eigenvalue weighted by atomic mass is 16.6. The van der Waals surface area contributed by atoms with Crippen molar-refractivity contribution < 1.29 is 24.0 Å². The topological polar surface area (TPSA) is 107 Å². The number of nitrogens with zero attached hydrogens (tertiary/aromatic N) is 2. The molecule has 30 heavy (non-hydrogen) atoms. The van der Waals surface area contributed by atoms with Crippen molar-refractivity contribution in [2.24, 2.45) is 17.8 Å². The van der Waals surface area contributed by atoms with Gasteiger partial charge < -0.3 is 9.64 Å². The van der Waals surface area contributed by atoms with Gasteiger partial charge in [-0.2, -0.15) is 0 Å². The number of hydrogen-bond acceptors (Lipinski definition) is 6. The van der Waals surface area contributed by atoms with E-state index in [0.29, 0.717) is 23.9 Å². The first-order chi connectivity index (χ1) is 14.2. The first-order valence-electron chi connectivity index (χ1n) is 10.4. The second kappa shape index (κ2) is 8.93. The van der Waals surface area contributed by atoms with E-state index in [4.69, 9.17) is 4.74 Å². The maximum atomic E-state index is 12.5. The summed E-state index contributed by atoms with van der Waals surface area (Å²) >= 11 is 0. The summed E-state index contributed by atoms with van der Waals surface area (Å²) in [7, 11) is 0. The third-order valence-electron chi connectivity index (χ3n) is 6.63. The highest BCUT2D eigenvalue weighted by Gasteiger charge is 2.42. The second-order valence-corrected chi connectivity index (χ2v) is 8.57. The summed E-state index contributed by atoms with van der Waals surface area (Å²) in [5, 5.41) is 11.0. The molecular weight excluding hydrogens is 388 g/mol. The molecule has 0 radical (unpaired) electrons. The first-order valence-corrected chi connectivity index (χ1v) is 10.4. The van der Waals surface area contributed by atoms with E-state index in [9.17, 15) is 24.5 Å². The number of ether oxygens (including phenoxy) is 1. The zero-order chi connectivity index (χ0) is 22.0. The van der Waals surface area contributed by atoms with E-state index in [-0.39, 0.29) is 29.6 Å². The molecule has 2 fully saturated rings. The van der Waals surface area contributed by atoms with E-state index in [1.807, 2.05) is 4.90 Å². The van der Waals surface area contributed by atoms with E-state index in [1.165, 1.54) is 18.2 Å². The largest absolute Gasteiger partial charge is 0.457 e. The van der Waals surface area contributed by atoms with Gasteiger partial charge in [0.05, 0.1) is 10.8 Å². The zero-order valence-corrected chi connectivity index (χ0v) is 17.6. The Balaban J connectivity index is 1.58. The van der Waals surface area contributed by atoms with Crippen molar-refractivity contribution in [3.05, 3.63) is 39.4 Å². The Bertz CT molecular complexity index is 867. The Labute approximate surface area is 175 Å². The predicted octanol–water partition coefficient (Wildman–Crippen LogP) is 3.30. The number of rotatable bonds is 6. The number of hydrogen-bond donors (Lipinski definition) is 0. The standard InChI is InChI=1S/C22H28N2O6/c1-13-5-4-6-18(15(13)3)23-11-17(10-21(23)26)22(27)30-12-20(25)16-8-7-14(2)19(9-16)24(28)29/h7-9,13,15,17-18H,4-6,10-12H2,1-3H3/t13-,15-,17+,18-/m0/s1. The van der Waals surface area contributed by atoms with Crippen LogP contribution in [0.4, 0.5) is 5.69 Å². The van der Waals surface area contributed by atoms with Crippen molar-refractivity contribution in [3.63, 3.8) is 0 Å². The van der Waals surface area contributed by atoms with Gasteiger partial charge in [-0.1, -0.05) is 38.8 Å². The molecule has 1 aliphatic carbocycles. The van der Waals surface area contributed by atoms with Gasteiger partial charge in [-0.05, 0) is 25.2 Å². The lowest BCUT2D eigenvalue weighted by atomic mass is 9.77. The van der Waals surface area contributed by atoms with Gasteiger partial charge in [-0.3, -0.25) is 24.5 Å². The molecule has 3 rings (SSSR count). The quantitative estimate of drug-likeness (QED) is 0.305. The zero-order valence-electron chi connectivity index (χ0n) is 17.6. The van der Waals surface area contributed by atoms with Crippen LogP contribution >= 0.6 is 0 Å². The molecule has 0 unspecified atom stereocenters. The Hall–Kier alpha value is -2.77. The van der Waals surface area contributed by atoms with Crippen LogP contribution in [0.3, 0.4) is 0 Å². The average molecular weight is 416 g/mol. The Morgan fingerprint density at radius 3 is 2.70 bits per heavy atom. The summed E-state index contributed by atoms with van der Waals surface area (Å²) in [6, 6.07) is 4.31. The van der Waals surface area contributed by atoms with E-state index < -0.39 is 29.2 Å². The second-order valence-electron chi connectivity index (χ2n) is 8.57. The van der Waals surface area contributed by atoms with E-state index in [2.05, 4.69) is 13.8 Å². The van der Waals surface area contributed by atoms with Crippen LogP contribution < -0.4 is 0 Å². The smallest absolute Gasteiger partial charge is 0.311 e. The van der Waals surface area contributed by atoms with Gasteiger partial charge in [0, 0.05) is 36.2 Å². The highest BCUT2D eigenvalue weighted by molar-refractivity contribution is 5.99. The van der Waals surface area contributed by atoms with E-state index >= 15 is 0 Å². The highest BCUT2D eigenvalue weighted by Crippen LogP contribution is 2.36. The summed E-state index contributed by atoms with van der Waals surface area (Å²) in [6.45, 7) is 5.77. The van der Waals surface area contributed by atoms with E-state index in [1.54, 1.807) is 6.92 Å². The molecule has 0 bridgehead atoms. The van der Waals surface area contributed by atoms with Gasteiger partial charge in [0.2, 0.25) is 11.7 Å². The Morgan fingerprint density at radius 1 is 1.27 bits per heavy atom. The number of Topliss-reactive ketones (excluding diaryl/α,β-unsaturated/α-hetero) is 1. The first kappa shape index (κ1) is 21.9. The fourth-order valence-electron chi connectivity index (χ4n) is 4.52. The molecule has 0 spiro atoms. The number of likely N-dealkylation sites (tertiary alicyclic amines) is 1. The molecular formula is C22H28N2O6. The number of nitro benzene ring substituents is 1. The van der Waals surface area contributed by atoms with Crippen molar-refractivity contribution in [1.82, 2.24) is 4.90 Å². The number of carbonyl (C=O) groups is 3. The fraction of sp³-hybridized carbons (Fsp3) is 0.591. The Kier molecular flexibility index (Phi) is 6.53. The molecule has 1 aromatic rings. The van der Waals surface area contributed by atoms with Crippen molar-refractivity contribution in [2.45, 2.75) is 52.5 Å². The minimum Gasteiger partial charge on any atom is -0.457 e. The minimum atomic E-state index is -0.581. The normalized spacial score (nSPS) is 26.5. The van der Waals surface area contributed by atoms with Gasteiger partial charge in [0.25, 0.3) is 5.69 Å². The predicted molar refractivity (Wildman–Crippen MR) is 109 cm³/mol. The van der Waals surface area contributed by atoms with Crippen LogP contribution in [0.1, 0.15) is 55.5 Å². The summed E-state index contributed by atoms with van der Waals surface area (Å²) in [5.41, 5.74) is 0.415. The van der Waals surface area contributed by atoms with Crippen molar-refractivity contribution >= 4 is 23.3 Å². The van der Waals surface area contributed by atoms with Gasteiger partial charge in [0.1, 0.15) is 0 Å². The lowest BCUT2D eigenvalue weighted by Gasteiger charge is -2.39. The van der Waals surface area contributed by atoms with Crippen LogP contribution in [0, 0.1) is 34.8 Å². The third-order valence-corrected chi connectivity index (χ3v) is 6.63. The fourth-order valence-corrected chi connectivity index (χ4v) is 4.52. The average Bonchev–Trinajstić information content (AvgIpc) is 3.09. The number of carbonyl (C=O) groups excluding carboxylic acids is 3. The number of aryl methyl sites for hydroxylation is 1. The van der Waals surface area contributed by atoms with Crippen LogP contribution in [-0.4, -0.2) is 46.7 Å². The monoisotopic (exact) mass is 416 g/mol. The van der Waals surface area contributed by atoms with Crippen LogP contribution in [0.25, 0.3) is 0 Å². The van der Waals surface area contributed by atoms with Crippen LogP contribution in [0.2, 0.25) is 0 Å². The SMILES string of the molecule is Cc1ccc(C(=O)COC(=O)[C@@H]2CC(=O)N([C@H]3CCC[C@H](C)[C@@H]3C)C2)cc1[N+](=O)[O-]. The molecule has 1 aliphatic heterocycles. The lowest BCUT2D eigenvalue weighted by Crippen LogP contribution is -2.45. The number of esters is 1. The summed E-state index contributed by atoms with van der Waals surface area (Å²) < 4.78 is 5.17. The number of benzene rings is 1. The van der Waals surface area contributed by atoms with Crippen molar-refractivity contribution in [2.75, 3.05) is 13.2 Å². The van der Waals surface area contributed by atoms with Crippen molar-refractivity contribution in [3.8, 4) is 0 Å². The summed E-state index contributed by atoms with van der Waals surface area (Å²) in [6.07, 6.45) is 3.28.